The van der Waals surface area contributed by atoms with Crippen molar-refractivity contribution in [3.8, 4) is 22.8 Å². The maximum atomic E-state index is 12.7. The van der Waals surface area contributed by atoms with Gasteiger partial charge in [0.15, 0.2) is 11.0 Å². The molecule has 2 aromatic heterocycles. The lowest BCUT2D eigenvalue weighted by Gasteiger charge is -2.16. The summed E-state index contributed by atoms with van der Waals surface area (Å²) in [6.07, 6.45) is 3.44. The van der Waals surface area contributed by atoms with Gasteiger partial charge in [0, 0.05) is 23.6 Å². The van der Waals surface area contributed by atoms with Gasteiger partial charge >= 0.3 is 0 Å². The van der Waals surface area contributed by atoms with Gasteiger partial charge in [0.1, 0.15) is 5.75 Å². The Morgan fingerprint density at radius 3 is 2.50 bits per heavy atom. The molecule has 4 aromatic rings. The van der Waals surface area contributed by atoms with Crippen LogP contribution in [-0.4, -0.2) is 38.0 Å². The van der Waals surface area contributed by atoms with E-state index in [9.17, 15) is 4.79 Å². The van der Waals surface area contributed by atoms with E-state index in [-0.39, 0.29) is 17.7 Å². The van der Waals surface area contributed by atoms with Gasteiger partial charge in [0.2, 0.25) is 5.91 Å². The van der Waals surface area contributed by atoms with Gasteiger partial charge in [-0.05, 0) is 68.3 Å². The molecule has 0 saturated carbocycles. The molecule has 0 aliphatic rings. The molecule has 2 heterocycles. The molecule has 1 unspecified atom stereocenters. The Hall–Kier alpha value is -3.65. The summed E-state index contributed by atoms with van der Waals surface area (Å²) >= 11 is 1.35. The second-order valence-electron chi connectivity index (χ2n) is 7.74. The van der Waals surface area contributed by atoms with Gasteiger partial charge in [-0.2, -0.15) is 0 Å². The third-order valence-corrected chi connectivity index (χ3v) is 6.27. The first-order valence-electron chi connectivity index (χ1n) is 11.1. The third-order valence-electron chi connectivity index (χ3n) is 5.34. The zero-order chi connectivity index (χ0) is 23.9. The SMILES string of the molecule is CCOc1ccc(-n2c(SCC(=O)NC(C)c3ccccc3C)nnc2-c2ccncc2)cc1. The van der Waals surface area contributed by atoms with Gasteiger partial charge in [-0.15, -0.1) is 10.2 Å². The first-order valence-corrected chi connectivity index (χ1v) is 12.1. The van der Waals surface area contributed by atoms with Crippen molar-refractivity contribution in [2.75, 3.05) is 12.4 Å². The smallest absolute Gasteiger partial charge is 0.230 e. The van der Waals surface area contributed by atoms with Gasteiger partial charge < -0.3 is 10.1 Å². The van der Waals surface area contributed by atoms with Crippen LogP contribution in [0.5, 0.6) is 5.75 Å². The Labute approximate surface area is 203 Å². The lowest BCUT2D eigenvalue weighted by Crippen LogP contribution is -2.28. The topological polar surface area (TPSA) is 81.9 Å². The number of hydrogen-bond acceptors (Lipinski definition) is 6. The van der Waals surface area contributed by atoms with Gasteiger partial charge in [-0.25, -0.2) is 0 Å². The number of amides is 1. The summed E-state index contributed by atoms with van der Waals surface area (Å²) in [7, 11) is 0. The average Bonchev–Trinajstić information content (AvgIpc) is 3.28. The molecule has 174 valence electrons. The normalized spacial score (nSPS) is 11.7. The van der Waals surface area contributed by atoms with Gasteiger partial charge in [-0.3, -0.25) is 14.3 Å². The van der Waals surface area contributed by atoms with Crippen molar-refractivity contribution in [1.82, 2.24) is 25.1 Å². The third kappa shape index (κ3) is 5.46. The van der Waals surface area contributed by atoms with Crippen molar-refractivity contribution >= 4 is 17.7 Å². The zero-order valence-corrected chi connectivity index (χ0v) is 20.2. The molecule has 0 bridgehead atoms. The number of benzene rings is 2. The maximum absolute atomic E-state index is 12.7. The van der Waals surface area contributed by atoms with Gasteiger partial charge in [0.25, 0.3) is 0 Å². The first-order chi connectivity index (χ1) is 16.6. The fourth-order valence-electron chi connectivity index (χ4n) is 3.71. The predicted molar refractivity (Wildman–Crippen MR) is 134 cm³/mol. The van der Waals surface area contributed by atoms with Crippen LogP contribution in [0.4, 0.5) is 0 Å². The van der Waals surface area contributed by atoms with E-state index in [0.29, 0.717) is 17.6 Å². The van der Waals surface area contributed by atoms with Gasteiger partial charge in [0.05, 0.1) is 18.4 Å². The van der Waals surface area contributed by atoms with Crippen LogP contribution in [-0.2, 0) is 4.79 Å². The highest BCUT2D eigenvalue weighted by Gasteiger charge is 2.18. The minimum absolute atomic E-state index is 0.0625. The summed E-state index contributed by atoms with van der Waals surface area (Å²) in [5, 5.41) is 12.5. The monoisotopic (exact) mass is 473 g/mol. The number of aromatic nitrogens is 4. The standard InChI is InChI=1S/C26H27N5O2S/c1-4-33-22-11-9-21(10-12-22)31-25(20-13-15-27-16-14-20)29-30-26(31)34-17-24(32)28-19(3)23-8-6-5-7-18(23)2/h5-16,19H,4,17H2,1-3H3,(H,28,32). The number of pyridine rings is 1. The molecule has 34 heavy (non-hydrogen) atoms. The fraction of sp³-hybridized carbons (Fsp3) is 0.231. The molecule has 0 spiro atoms. The van der Waals surface area contributed by atoms with E-state index < -0.39 is 0 Å². The number of carbonyl (C=O) groups excluding carboxylic acids is 1. The van der Waals surface area contributed by atoms with E-state index in [4.69, 9.17) is 4.74 Å². The second-order valence-corrected chi connectivity index (χ2v) is 8.68. The van der Waals surface area contributed by atoms with Crippen LogP contribution in [0.3, 0.4) is 0 Å². The summed E-state index contributed by atoms with van der Waals surface area (Å²) in [4.78, 5) is 16.8. The van der Waals surface area contributed by atoms with Crippen molar-refractivity contribution in [2.24, 2.45) is 0 Å². The van der Waals surface area contributed by atoms with E-state index in [0.717, 1.165) is 28.1 Å². The molecule has 7 nitrogen and oxygen atoms in total. The zero-order valence-electron chi connectivity index (χ0n) is 19.4. The number of thioether (sulfide) groups is 1. The number of nitrogens with one attached hydrogen (secondary N) is 1. The molecule has 2 aromatic carbocycles. The highest BCUT2D eigenvalue weighted by molar-refractivity contribution is 7.99. The van der Waals surface area contributed by atoms with Crippen molar-refractivity contribution in [3.05, 3.63) is 84.2 Å². The number of aryl methyl sites for hydroxylation is 1. The van der Waals surface area contributed by atoms with E-state index in [2.05, 4.69) is 20.5 Å². The highest BCUT2D eigenvalue weighted by Crippen LogP contribution is 2.29. The van der Waals surface area contributed by atoms with Crippen LogP contribution in [0.1, 0.15) is 31.0 Å². The number of rotatable bonds is 9. The van der Waals surface area contributed by atoms with Crippen LogP contribution < -0.4 is 10.1 Å². The minimum atomic E-state index is -0.0781. The molecule has 0 radical (unpaired) electrons. The lowest BCUT2D eigenvalue weighted by molar-refractivity contribution is -0.119. The van der Waals surface area contributed by atoms with E-state index in [1.165, 1.54) is 11.8 Å². The number of carbonyl (C=O) groups is 1. The van der Waals surface area contributed by atoms with Crippen LogP contribution in [0.2, 0.25) is 0 Å². The largest absolute Gasteiger partial charge is 0.494 e. The molecule has 0 fully saturated rings. The van der Waals surface area contributed by atoms with Crippen LogP contribution in [0, 0.1) is 6.92 Å². The maximum Gasteiger partial charge on any atom is 0.230 e. The quantitative estimate of drug-likeness (QED) is 0.344. The van der Waals surface area contributed by atoms with Crippen LogP contribution >= 0.6 is 11.8 Å². The molecule has 1 N–H and O–H groups in total. The van der Waals surface area contributed by atoms with Gasteiger partial charge in [-0.1, -0.05) is 36.0 Å². The molecule has 0 aliphatic carbocycles. The number of hydrogen-bond donors (Lipinski definition) is 1. The summed E-state index contributed by atoms with van der Waals surface area (Å²) < 4.78 is 7.53. The van der Waals surface area contributed by atoms with E-state index in [1.807, 2.05) is 86.0 Å². The summed E-state index contributed by atoms with van der Waals surface area (Å²) in [6, 6.07) is 19.5. The Bertz CT molecular complexity index is 1240. The lowest BCUT2D eigenvalue weighted by atomic mass is 10.0. The van der Waals surface area contributed by atoms with Crippen LogP contribution in [0.15, 0.2) is 78.2 Å². The molecule has 0 saturated heterocycles. The van der Waals surface area contributed by atoms with Crippen molar-refractivity contribution < 1.29 is 9.53 Å². The van der Waals surface area contributed by atoms with E-state index in [1.54, 1.807) is 12.4 Å². The molecule has 0 aliphatic heterocycles. The number of ether oxygens (including phenoxy) is 1. The van der Waals surface area contributed by atoms with Crippen molar-refractivity contribution in [1.29, 1.82) is 0 Å². The highest BCUT2D eigenvalue weighted by atomic mass is 32.2. The first kappa shape index (κ1) is 23.5. The summed E-state index contributed by atoms with van der Waals surface area (Å²) in [5.74, 6) is 1.64. The second kappa shape index (κ2) is 11.0. The van der Waals surface area contributed by atoms with Crippen molar-refractivity contribution in [2.45, 2.75) is 32.0 Å². The fourth-order valence-corrected chi connectivity index (χ4v) is 4.47. The van der Waals surface area contributed by atoms with Crippen molar-refractivity contribution in [3.63, 3.8) is 0 Å². The minimum Gasteiger partial charge on any atom is -0.494 e. The Morgan fingerprint density at radius 2 is 1.79 bits per heavy atom. The summed E-state index contributed by atoms with van der Waals surface area (Å²) in [6.45, 7) is 6.60. The van der Waals surface area contributed by atoms with E-state index >= 15 is 0 Å². The molecule has 8 heteroatoms. The molecule has 1 atom stereocenters. The Balaban J connectivity index is 1.55. The number of nitrogens with zero attached hydrogens (tertiary/aromatic N) is 4. The predicted octanol–water partition coefficient (Wildman–Crippen LogP) is 5.01. The molecule has 1 amide bonds. The Kier molecular flexibility index (Phi) is 7.59. The molecular formula is C26H27N5O2S. The average molecular weight is 474 g/mol. The summed E-state index contributed by atoms with van der Waals surface area (Å²) in [5.41, 5.74) is 4.04. The van der Waals surface area contributed by atoms with Crippen LogP contribution in [0.25, 0.3) is 17.1 Å². The molecule has 4 rings (SSSR count). The Morgan fingerprint density at radius 1 is 1.06 bits per heavy atom. The molecular weight excluding hydrogens is 446 g/mol.